The van der Waals surface area contributed by atoms with Gasteiger partial charge in [0.2, 0.25) is 0 Å². The molecule has 2 N–H and O–H groups in total. The van der Waals surface area contributed by atoms with Gasteiger partial charge in [0.15, 0.2) is 0 Å². The fourth-order valence-electron chi connectivity index (χ4n) is 1.85. The van der Waals surface area contributed by atoms with Crippen molar-refractivity contribution < 1.29 is 13.5 Å². The van der Waals surface area contributed by atoms with Crippen molar-refractivity contribution in [2.45, 2.75) is 39.2 Å². The highest BCUT2D eigenvalue weighted by molar-refractivity contribution is 7.87. The van der Waals surface area contributed by atoms with E-state index in [2.05, 4.69) is 4.72 Å². The predicted octanol–water partition coefficient (Wildman–Crippen LogP) is 0.324. The minimum absolute atomic E-state index is 0.0571. The second-order valence-electron chi connectivity index (χ2n) is 5.41. The lowest BCUT2D eigenvalue weighted by Crippen LogP contribution is -2.51. The molecule has 0 amide bonds. The summed E-state index contributed by atoms with van der Waals surface area (Å²) in [7, 11) is -3.41. The average molecular weight is 250 g/mol. The highest BCUT2D eigenvalue weighted by atomic mass is 32.2. The summed E-state index contributed by atoms with van der Waals surface area (Å²) in [5, 5.41) is 9.07. The molecule has 1 rings (SSSR count). The molecule has 1 aliphatic heterocycles. The van der Waals surface area contributed by atoms with Gasteiger partial charge in [0.05, 0.1) is 0 Å². The largest absolute Gasteiger partial charge is 0.396 e. The summed E-state index contributed by atoms with van der Waals surface area (Å²) >= 11 is 0. The van der Waals surface area contributed by atoms with E-state index < -0.39 is 15.7 Å². The maximum absolute atomic E-state index is 12.0. The SMILES string of the molecule is CC(C)(C)NS(=O)(=O)N1CCCC(CO)C1. The molecule has 1 heterocycles. The number of nitrogens with zero attached hydrogens (tertiary/aromatic N) is 1. The van der Waals surface area contributed by atoms with Gasteiger partial charge in [-0.2, -0.15) is 17.4 Å². The molecular weight excluding hydrogens is 228 g/mol. The third-order valence-electron chi connectivity index (χ3n) is 2.52. The summed E-state index contributed by atoms with van der Waals surface area (Å²) in [4.78, 5) is 0. The van der Waals surface area contributed by atoms with Crippen LogP contribution in [0.25, 0.3) is 0 Å². The van der Waals surface area contributed by atoms with E-state index in [1.807, 2.05) is 20.8 Å². The maximum atomic E-state index is 12.0. The van der Waals surface area contributed by atoms with E-state index in [0.717, 1.165) is 12.8 Å². The number of aliphatic hydroxyl groups excluding tert-OH is 1. The molecule has 0 aromatic rings. The molecule has 1 fully saturated rings. The molecule has 5 nitrogen and oxygen atoms in total. The van der Waals surface area contributed by atoms with Crippen LogP contribution < -0.4 is 4.72 Å². The van der Waals surface area contributed by atoms with Crippen LogP contribution in [0, 0.1) is 5.92 Å². The Hall–Kier alpha value is -0.170. The minimum Gasteiger partial charge on any atom is -0.396 e. The van der Waals surface area contributed by atoms with E-state index in [0.29, 0.717) is 13.1 Å². The molecule has 16 heavy (non-hydrogen) atoms. The fraction of sp³-hybridized carbons (Fsp3) is 1.00. The summed E-state index contributed by atoms with van der Waals surface area (Å²) in [5.41, 5.74) is -0.467. The Morgan fingerprint density at radius 1 is 1.44 bits per heavy atom. The van der Waals surface area contributed by atoms with Gasteiger partial charge in [0.1, 0.15) is 0 Å². The lowest BCUT2D eigenvalue weighted by atomic mass is 10.0. The molecule has 1 saturated heterocycles. The van der Waals surface area contributed by atoms with Crippen LogP contribution >= 0.6 is 0 Å². The first-order valence-corrected chi connectivity index (χ1v) is 7.08. The summed E-state index contributed by atoms with van der Waals surface area (Å²) in [6.07, 6.45) is 1.72. The molecule has 0 aliphatic carbocycles. The summed E-state index contributed by atoms with van der Waals surface area (Å²) < 4.78 is 28.1. The Bertz CT molecular complexity index is 321. The monoisotopic (exact) mass is 250 g/mol. The Kier molecular flexibility index (Phi) is 4.34. The fourth-order valence-corrected chi connectivity index (χ4v) is 3.53. The molecule has 0 aromatic heterocycles. The lowest BCUT2D eigenvalue weighted by Gasteiger charge is -2.33. The topological polar surface area (TPSA) is 69.6 Å². The predicted molar refractivity (Wildman–Crippen MR) is 63.2 cm³/mol. The molecule has 1 unspecified atom stereocenters. The van der Waals surface area contributed by atoms with Crippen LogP contribution in [0.1, 0.15) is 33.6 Å². The van der Waals surface area contributed by atoms with Crippen molar-refractivity contribution in [2.24, 2.45) is 5.92 Å². The smallest absolute Gasteiger partial charge is 0.279 e. The molecule has 1 atom stereocenters. The molecule has 6 heteroatoms. The minimum atomic E-state index is -3.41. The van der Waals surface area contributed by atoms with Gasteiger partial charge in [0.25, 0.3) is 10.2 Å². The van der Waals surface area contributed by atoms with Crippen LogP contribution in [0.5, 0.6) is 0 Å². The number of aliphatic hydroxyl groups is 1. The third kappa shape index (κ3) is 4.01. The quantitative estimate of drug-likeness (QED) is 0.758. The Balaban J connectivity index is 2.68. The van der Waals surface area contributed by atoms with E-state index >= 15 is 0 Å². The molecule has 0 radical (unpaired) electrons. The number of piperidine rings is 1. The van der Waals surface area contributed by atoms with Gasteiger partial charge in [0, 0.05) is 25.2 Å². The van der Waals surface area contributed by atoms with Gasteiger partial charge in [-0.3, -0.25) is 0 Å². The number of hydrogen-bond acceptors (Lipinski definition) is 3. The van der Waals surface area contributed by atoms with Crippen molar-refractivity contribution in [3.63, 3.8) is 0 Å². The summed E-state index contributed by atoms with van der Waals surface area (Å²) in [6, 6.07) is 0. The molecule has 96 valence electrons. The second kappa shape index (κ2) is 5.00. The normalized spacial score (nSPS) is 24.6. The first-order valence-electron chi connectivity index (χ1n) is 5.64. The van der Waals surface area contributed by atoms with E-state index in [1.54, 1.807) is 0 Å². The Morgan fingerprint density at radius 3 is 2.56 bits per heavy atom. The van der Waals surface area contributed by atoms with Crippen molar-refractivity contribution in [1.29, 1.82) is 0 Å². The zero-order valence-corrected chi connectivity index (χ0v) is 11.0. The van der Waals surface area contributed by atoms with Crippen LogP contribution in [0.2, 0.25) is 0 Å². The third-order valence-corrected chi connectivity index (χ3v) is 4.40. The van der Waals surface area contributed by atoms with Crippen LogP contribution in [-0.4, -0.2) is 43.1 Å². The molecule has 0 aromatic carbocycles. The van der Waals surface area contributed by atoms with Crippen LogP contribution in [0.15, 0.2) is 0 Å². The molecular formula is C10H22N2O3S. The second-order valence-corrected chi connectivity index (χ2v) is 7.08. The van der Waals surface area contributed by atoms with Gasteiger partial charge in [-0.05, 0) is 39.5 Å². The zero-order valence-electron chi connectivity index (χ0n) is 10.2. The van der Waals surface area contributed by atoms with E-state index in [-0.39, 0.29) is 12.5 Å². The van der Waals surface area contributed by atoms with Crippen molar-refractivity contribution in [1.82, 2.24) is 9.03 Å². The summed E-state index contributed by atoms with van der Waals surface area (Å²) in [5.74, 6) is 0.0743. The van der Waals surface area contributed by atoms with E-state index in [4.69, 9.17) is 5.11 Å². The first kappa shape index (κ1) is 13.9. The Labute approximate surface area is 98.0 Å². The van der Waals surface area contributed by atoms with Crippen molar-refractivity contribution >= 4 is 10.2 Å². The first-order chi connectivity index (χ1) is 7.24. The van der Waals surface area contributed by atoms with E-state index in [1.165, 1.54) is 4.31 Å². The zero-order chi connectivity index (χ0) is 12.4. The van der Waals surface area contributed by atoms with Gasteiger partial charge >= 0.3 is 0 Å². The molecule has 1 aliphatic rings. The lowest BCUT2D eigenvalue weighted by molar-refractivity contribution is 0.164. The van der Waals surface area contributed by atoms with Crippen molar-refractivity contribution in [3.05, 3.63) is 0 Å². The standard InChI is InChI=1S/C10H22N2O3S/c1-10(2,3)11-16(14,15)12-6-4-5-9(7-12)8-13/h9,11,13H,4-8H2,1-3H3. The van der Waals surface area contributed by atoms with Crippen molar-refractivity contribution in [2.75, 3.05) is 19.7 Å². The highest BCUT2D eigenvalue weighted by Crippen LogP contribution is 2.19. The number of hydrogen-bond donors (Lipinski definition) is 2. The van der Waals surface area contributed by atoms with Gasteiger partial charge in [-0.15, -0.1) is 0 Å². The Morgan fingerprint density at radius 2 is 2.06 bits per heavy atom. The van der Waals surface area contributed by atoms with Crippen LogP contribution in [-0.2, 0) is 10.2 Å². The van der Waals surface area contributed by atoms with Gasteiger partial charge < -0.3 is 5.11 Å². The molecule has 0 spiro atoms. The number of rotatable bonds is 3. The number of nitrogens with one attached hydrogen (secondary N) is 1. The maximum Gasteiger partial charge on any atom is 0.279 e. The highest BCUT2D eigenvalue weighted by Gasteiger charge is 2.31. The van der Waals surface area contributed by atoms with E-state index in [9.17, 15) is 8.42 Å². The van der Waals surface area contributed by atoms with Crippen LogP contribution in [0.4, 0.5) is 0 Å². The van der Waals surface area contributed by atoms with Crippen molar-refractivity contribution in [3.8, 4) is 0 Å². The summed E-state index contributed by atoms with van der Waals surface area (Å²) in [6.45, 7) is 6.47. The van der Waals surface area contributed by atoms with Gasteiger partial charge in [-0.1, -0.05) is 0 Å². The van der Waals surface area contributed by atoms with Crippen LogP contribution in [0.3, 0.4) is 0 Å². The molecule has 0 saturated carbocycles. The molecule has 0 bridgehead atoms. The average Bonchev–Trinajstić information content (AvgIpc) is 2.14. The van der Waals surface area contributed by atoms with Gasteiger partial charge in [-0.25, -0.2) is 0 Å².